The third-order valence-corrected chi connectivity index (χ3v) is 3.22. The van der Waals surface area contributed by atoms with Gasteiger partial charge in [0.2, 0.25) is 0 Å². The number of fused-ring (bicyclic) bond motifs is 1. The van der Waals surface area contributed by atoms with Crippen molar-refractivity contribution in [3.8, 4) is 17.0 Å². The van der Waals surface area contributed by atoms with Crippen LogP contribution < -0.4 is 0 Å². The second-order valence-electron chi connectivity index (χ2n) is 3.41. The summed E-state index contributed by atoms with van der Waals surface area (Å²) in [6.07, 6.45) is 1.57. The maximum atomic E-state index is 9.25. The van der Waals surface area contributed by atoms with E-state index in [9.17, 15) is 5.11 Å². The summed E-state index contributed by atoms with van der Waals surface area (Å²) in [5.74, 6) is 0.263. The molecule has 2 aromatic heterocycles. The standard InChI is InChI=1S/C12H8N2OS/c15-9-3-1-8(2-4-9)11-10-5-6-16-12(10)14-7-13-11/h1-7,15H. The molecule has 0 bridgehead atoms. The number of phenols is 1. The summed E-state index contributed by atoms with van der Waals surface area (Å²) in [6, 6.07) is 9.05. The van der Waals surface area contributed by atoms with Crippen LogP contribution in [0.4, 0.5) is 0 Å². The number of benzene rings is 1. The Bertz CT molecular complexity index is 631. The van der Waals surface area contributed by atoms with Crippen LogP contribution in [0.2, 0.25) is 0 Å². The van der Waals surface area contributed by atoms with Crippen molar-refractivity contribution < 1.29 is 5.11 Å². The minimum absolute atomic E-state index is 0.263. The molecule has 0 radical (unpaired) electrons. The van der Waals surface area contributed by atoms with Gasteiger partial charge in [-0.3, -0.25) is 0 Å². The molecule has 16 heavy (non-hydrogen) atoms. The quantitative estimate of drug-likeness (QED) is 0.696. The fourth-order valence-electron chi connectivity index (χ4n) is 1.64. The molecule has 0 amide bonds. The Morgan fingerprint density at radius 3 is 2.62 bits per heavy atom. The molecule has 4 heteroatoms. The van der Waals surface area contributed by atoms with Crippen LogP contribution in [0.25, 0.3) is 21.5 Å². The topological polar surface area (TPSA) is 46.0 Å². The number of thiophene rings is 1. The number of rotatable bonds is 1. The molecule has 1 aromatic carbocycles. The highest BCUT2D eigenvalue weighted by Crippen LogP contribution is 2.28. The summed E-state index contributed by atoms with van der Waals surface area (Å²) in [5.41, 5.74) is 1.90. The molecule has 0 unspecified atom stereocenters. The van der Waals surface area contributed by atoms with Crippen LogP contribution in [-0.4, -0.2) is 15.1 Å². The molecule has 2 heterocycles. The van der Waals surface area contributed by atoms with Crippen LogP contribution in [0.3, 0.4) is 0 Å². The molecule has 3 aromatic rings. The van der Waals surface area contributed by atoms with E-state index in [-0.39, 0.29) is 5.75 Å². The zero-order chi connectivity index (χ0) is 11.0. The van der Waals surface area contributed by atoms with E-state index < -0.39 is 0 Å². The predicted octanol–water partition coefficient (Wildman–Crippen LogP) is 3.06. The zero-order valence-electron chi connectivity index (χ0n) is 8.29. The highest BCUT2D eigenvalue weighted by Gasteiger charge is 2.06. The average molecular weight is 228 g/mol. The van der Waals surface area contributed by atoms with Crippen LogP contribution in [-0.2, 0) is 0 Å². The van der Waals surface area contributed by atoms with Crippen molar-refractivity contribution >= 4 is 21.6 Å². The fourth-order valence-corrected chi connectivity index (χ4v) is 2.37. The molecular weight excluding hydrogens is 220 g/mol. The molecule has 78 valence electrons. The lowest BCUT2D eigenvalue weighted by atomic mass is 10.1. The van der Waals surface area contributed by atoms with E-state index in [1.54, 1.807) is 29.8 Å². The summed E-state index contributed by atoms with van der Waals surface area (Å²) in [5, 5.41) is 12.3. The van der Waals surface area contributed by atoms with Gasteiger partial charge in [0.1, 0.15) is 16.9 Å². The van der Waals surface area contributed by atoms with E-state index in [0.29, 0.717) is 0 Å². The van der Waals surface area contributed by atoms with Crippen LogP contribution in [0.15, 0.2) is 42.0 Å². The van der Waals surface area contributed by atoms with Gasteiger partial charge in [-0.25, -0.2) is 9.97 Å². The van der Waals surface area contributed by atoms with Crippen LogP contribution in [0.5, 0.6) is 5.75 Å². The van der Waals surface area contributed by atoms with E-state index in [1.165, 1.54) is 0 Å². The molecule has 1 N–H and O–H groups in total. The number of hydrogen-bond donors (Lipinski definition) is 1. The van der Waals surface area contributed by atoms with E-state index in [1.807, 2.05) is 23.6 Å². The van der Waals surface area contributed by atoms with Crippen LogP contribution in [0.1, 0.15) is 0 Å². The van der Waals surface area contributed by atoms with Crippen molar-refractivity contribution in [2.75, 3.05) is 0 Å². The van der Waals surface area contributed by atoms with Crippen molar-refractivity contribution in [3.05, 3.63) is 42.0 Å². The minimum Gasteiger partial charge on any atom is -0.508 e. The molecule has 0 aliphatic carbocycles. The lowest BCUT2D eigenvalue weighted by molar-refractivity contribution is 0.475. The first-order chi connectivity index (χ1) is 7.84. The first-order valence-electron chi connectivity index (χ1n) is 4.82. The molecule has 0 saturated heterocycles. The van der Waals surface area contributed by atoms with Gasteiger partial charge < -0.3 is 5.11 Å². The predicted molar refractivity (Wildman–Crippen MR) is 64.5 cm³/mol. The van der Waals surface area contributed by atoms with E-state index in [4.69, 9.17) is 0 Å². The molecule has 3 nitrogen and oxygen atoms in total. The van der Waals surface area contributed by atoms with E-state index in [0.717, 1.165) is 21.5 Å². The lowest BCUT2D eigenvalue weighted by Crippen LogP contribution is -1.85. The maximum Gasteiger partial charge on any atom is 0.127 e. The third-order valence-electron chi connectivity index (χ3n) is 2.40. The highest BCUT2D eigenvalue weighted by atomic mass is 32.1. The van der Waals surface area contributed by atoms with Gasteiger partial charge >= 0.3 is 0 Å². The Hall–Kier alpha value is -1.94. The maximum absolute atomic E-state index is 9.25. The van der Waals surface area contributed by atoms with E-state index >= 15 is 0 Å². The highest BCUT2D eigenvalue weighted by molar-refractivity contribution is 7.16. The van der Waals surface area contributed by atoms with Gasteiger partial charge in [-0.05, 0) is 35.7 Å². The first kappa shape index (κ1) is 9.30. The summed E-state index contributed by atoms with van der Waals surface area (Å²) in [7, 11) is 0. The SMILES string of the molecule is Oc1ccc(-c2ncnc3sccc23)cc1. The molecular formula is C12H8N2OS. The van der Waals surface area contributed by atoms with Gasteiger partial charge in [0.15, 0.2) is 0 Å². The molecule has 0 atom stereocenters. The van der Waals surface area contributed by atoms with Gasteiger partial charge in [0.05, 0.1) is 5.69 Å². The molecule has 0 saturated carbocycles. The monoisotopic (exact) mass is 228 g/mol. The lowest BCUT2D eigenvalue weighted by Gasteiger charge is -2.01. The number of aromatic nitrogens is 2. The Morgan fingerprint density at radius 1 is 1.00 bits per heavy atom. The Kier molecular flexibility index (Phi) is 2.08. The van der Waals surface area contributed by atoms with Crippen molar-refractivity contribution in [1.82, 2.24) is 9.97 Å². The Labute approximate surface area is 96.0 Å². The van der Waals surface area contributed by atoms with Gasteiger partial charge in [0, 0.05) is 10.9 Å². The average Bonchev–Trinajstić information content (AvgIpc) is 2.78. The Morgan fingerprint density at radius 2 is 1.81 bits per heavy atom. The van der Waals surface area contributed by atoms with Crippen LogP contribution >= 0.6 is 11.3 Å². The molecule has 0 fully saturated rings. The number of hydrogen-bond acceptors (Lipinski definition) is 4. The van der Waals surface area contributed by atoms with E-state index in [2.05, 4.69) is 9.97 Å². The number of nitrogens with zero attached hydrogens (tertiary/aromatic N) is 2. The molecule has 0 aliphatic heterocycles. The minimum atomic E-state index is 0.263. The fraction of sp³-hybridized carbons (Fsp3) is 0. The first-order valence-corrected chi connectivity index (χ1v) is 5.70. The van der Waals surface area contributed by atoms with Gasteiger partial charge in [-0.15, -0.1) is 11.3 Å². The van der Waals surface area contributed by atoms with Crippen molar-refractivity contribution in [1.29, 1.82) is 0 Å². The largest absolute Gasteiger partial charge is 0.508 e. The van der Waals surface area contributed by atoms with Gasteiger partial charge in [0.25, 0.3) is 0 Å². The Balaban J connectivity index is 2.25. The molecule has 3 rings (SSSR count). The van der Waals surface area contributed by atoms with Crippen molar-refractivity contribution in [2.45, 2.75) is 0 Å². The second kappa shape index (κ2) is 3.57. The van der Waals surface area contributed by atoms with Crippen LogP contribution in [0, 0.1) is 0 Å². The normalized spacial score (nSPS) is 10.8. The summed E-state index contributed by atoms with van der Waals surface area (Å²) in [6.45, 7) is 0. The molecule has 0 spiro atoms. The number of aromatic hydroxyl groups is 1. The number of phenolic OH excluding ortho intramolecular Hbond substituents is 1. The van der Waals surface area contributed by atoms with Crippen molar-refractivity contribution in [3.63, 3.8) is 0 Å². The van der Waals surface area contributed by atoms with Gasteiger partial charge in [-0.2, -0.15) is 0 Å². The second-order valence-corrected chi connectivity index (χ2v) is 4.30. The zero-order valence-corrected chi connectivity index (χ0v) is 9.11. The summed E-state index contributed by atoms with van der Waals surface area (Å²) in [4.78, 5) is 9.48. The smallest absolute Gasteiger partial charge is 0.127 e. The summed E-state index contributed by atoms with van der Waals surface area (Å²) >= 11 is 1.60. The summed E-state index contributed by atoms with van der Waals surface area (Å²) < 4.78 is 0. The van der Waals surface area contributed by atoms with Gasteiger partial charge in [-0.1, -0.05) is 0 Å². The molecule has 0 aliphatic rings. The third kappa shape index (κ3) is 1.44. The van der Waals surface area contributed by atoms with Crippen molar-refractivity contribution in [2.24, 2.45) is 0 Å².